The molecule has 1 N–H and O–H groups in total. The van der Waals surface area contributed by atoms with Gasteiger partial charge in [-0.05, 0) is 34.9 Å². The molecule has 0 saturated heterocycles. The third kappa shape index (κ3) is 2.91. The number of aryl methyl sites for hydroxylation is 1. The number of benzene rings is 1. The summed E-state index contributed by atoms with van der Waals surface area (Å²) in [7, 11) is 0. The van der Waals surface area contributed by atoms with Crippen molar-refractivity contribution >= 4 is 11.3 Å². The number of nitrogens with one attached hydrogen (secondary N) is 1. The van der Waals surface area contributed by atoms with Crippen molar-refractivity contribution in [2.24, 2.45) is 0 Å². The minimum absolute atomic E-state index is 0.127. The molecule has 0 bridgehead atoms. The summed E-state index contributed by atoms with van der Waals surface area (Å²) < 4.78 is 39.0. The van der Waals surface area contributed by atoms with Crippen LogP contribution >= 0.6 is 11.3 Å². The van der Waals surface area contributed by atoms with E-state index in [-0.39, 0.29) is 12.1 Å². The lowest BCUT2D eigenvalue weighted by Gasteiger charge is -2.06. The molecule has 0 fully saturated rings. The van der Waals surface area contributed by atoms with Crippen LogP contribution in [0.25, 0.3) is 0 Å². The van der Waals surface area contributed by atoms with Gasteiger partial charge in [-0.25, -0.2) is 13.2 Å². The summed E-state index contributed by atoms with van der Waals surface area (Å²) in [5.41, 5.74) is 2.42. The SMILES string of the molecule is Cc1cscc1CNCc1cc(F)c(F)cc1F. The Bertz CT molecular complexity index is 551. The highest BCUT2D eigenvalue weighted by atomic mass is 32.1. The fraction of sp³-hybridized carbons (Fsp3) is 0.231. The number of rotatable bonds is 4. The number of hydrogen-bond acceptors (Lipinski definition) is 2. The largest absolute Gasteiger partial charge is 0.308 e. The smallest absolute Gasteiger partial charge is 0.161 e. The summed E-state index contributed by atoms with van der Waals surface area (Å²) in [4.78, 5) is 0. The van der Waals surface area contributed by atoms with Crippen molar-refractivity contribution in [3.05, 3.63) is 57.0 Å². The van der Waals surface area contributed by atoms with Crippen molar-refractivity contribution < 1.29 is 13.2 Å². The molecule has 0 aliphatic carbocycles. The third-order valence-corrected chi connectivity index (χ3v) is 3.59. The molecular weight excluding hydrogens is 259 g/mol. The third-order valence-electron chi connectivity index (χ3n) is 2.68. The minimum Gasteiger partial charge on any atom is -0.308 e. The molecule has 1 nitrogen and oxygen atoms in total. The topological polar surface area (TPSA) is 12.0 Å². The quantitative estimate of drug-likeness (QED) is 0.835. The average Bonchev–Trinajstić information content (AvgIpc) is 2.72. The number of hydrogen-bond donors (Lipinski definition) is 1. The van der Waals surface area contributed by atoms with Crippen LogP contribution in [0.3, 0.4) is 0 Å². The highest BCUT2D eigenvalue weighted by molar-refractivity contribution is 7.08. The minimum atomic E-state index is -1.16. The molecule has 5 heteroatoms. The average molecular weight is 271 g/mol. The summed E-state index contributed by atoms with van der Waals surface area (Å²) in [6.45, 7) is 2.73. The second-order valence-corrected chi connectivity index (χ2v) is 4.78. The van der Waals surface area contributed by atoms with Crippen LogP contribution in [0.4, 0.5) is 13.2 Å². The van der Waals surface area contributed by atoms with Gasteiger partial charge < -0.3 is 5.32 Å². The number of thiophene rings is 1. The van der Waals surface area contributed by atoms with E-state index >= 15 is 0 Å². The Balaban J connectivity index is 1.99. The lowest BCUT2D eigenvalue weighted by atomic mass is 10.2. The van der Waals surface area contributed by atoms with E-state index < -0.39 is 17.5 Å². The van der Waals surface area contributed by atoms with Crippen LogP contribution in [0.2, 0.25) is 0 Å². The van der Waals surface area contributed by atoms with Crippen LogP contribution in [-0.4, -0.2) is 0 Å². The van der Waals surface area contributed by atoms with E-state index in [9.17, 15) is 13.2 Å². The van der Waals surface area contributed by atoms with E-state index in [0.29, 0.717) is 12.6 Å². The fourth-order valence-corrected chi connectivity index (χ4v) is 2.46. The van der Waals surface area contributed by atoms with Crippen LogP contribution in [0.1, 0.15) is 16.7 Å². The molecule has 0 unspecified atom stereocenters. The summed E-state index contributed by atoms with van der Waals surface area (Å²) in [5.74, 6) is -2.92. The van der Waals surface area contributed by atoms with Crippen molar-refractivity contribution in [3.63, 3.8) is 0 Å². The van der Waals surface area contributed by atoms with Gasteiger partial charge in [-0.15, -0.1) is 0 Å². The monoisotopic (exact) mass is 271 g/mol. The summed E-state index contributed by atoms with van der Waals surface area (Å²) in [5, 5.41) is 7.04. The van der Waals surface area contributed by atoms with Gasteiger partial charge in [-0.3, -0.25) is 0 Å². The Hall–Kier alpha value is -1.33. The van der Waals surface area contributed by atoms with Gasteiger partial charge in [-0.1, -0.05) is 0 Å². The fourth-order valence-electron chi connectivity index (χ4n) is 1.60. The molecule has 0 aliphatic rings. The van der Waals surface area contributed by atoms with Gasteiger partial charge >= 0.3 is 0 Å². The standard InChI is InChI=1S/C13H12F3NS/c1-8-6-18-7-10(8)5-17-4-9-2-12(15)13(16)3-11(9)14/h2-3,6-7,17H,4-5H2,1H3. The maximum atomic E-state index is 13.3. The van der Waals surface area contributed by atoms with E-state index in [1.165, 1.54) is 5.56 Å². The lowest BCUT2D eigenvalue weighted by Crippen LogP contribution is -2.14. The summed E-state index contributed by atoms with van der Waals surface area (Å²) >= 11 is 1.60. The van der Waals surface area contributed by atoms with Gasteiger partial charge in [0, 0.05) is 24.7 Å². The Morgan fingerprint density at radius 3 is 2.28 bits per heavy atom. The van der Waals surface area contributed by atoms with E-state index in [1.54, 1.807) is 11.3 Å². The Morgan fingerprint density at radius 1 is 0.944 bits per heavy atom. The van der Waals surface area contributed by atoms with E-state index in [1.807, 2.05) is 17.7 Å². The maximum absolute atomic E-state index is 13.3. The second kappa shape index (κ2) is 5.54. The van der Waals surface area contributed by atoms with Gasteiger partial charge in [0.25, 0.3) is 0 Å². The number of halogens is 3. The van der Waals surface area contributed by atoms with Crippen molar-refractivity contribution in [1.82, 2.24) is 5.32 Å². The molecule has 0 amide bonds. The maximum Gasteiger partial charge on any atom is 0.161 e. The van der Waals surface area contributed by atoms with E-state index in [0.717, 1.165) is 11.6 Å². The zero-order valence-corrected chi connectivity index (χ0v) is 10.6. The first-order valence-electron chi connectivity index (χ1n) is 5.43. The molecule has 96 valence electrons. The highest BCUT2D eigenvalue weighted by Gasteiger charge is 2.09. The highest BCUT2D eigenvalue weighted by Crippen LogP contribution is 2.15. The van der Waals surface area contributed by atoms with E-state index in [4.69, 9.17) is 0 Å². The molecule has 2 rings (SSSR count). The van der Waals surface area contributed by atoms with Gasteiger partial charge in [0.05, 0.1) is 0 Å². The molecule has 0 spiro atoms. The lowest BCUT2D eigenvalue weighted by molar-refractivity contribution is 0.487. The molecule has 0 aliphatic heterocycles. The van der Waals surface area contributed by atoms with Gasteiger partial charge in [-0.2, -0.15) is 11.3 Å². The van der Waals surface area contributed by atoms with Crippen LogP contribution in [0.5, 0.6) is 0 Å². The normalized spacial score (nSPS) is 10.9. The van der Waals surface area contributed by atoms with Crippen molar-refractivity contribution in [2.45, 2.75) is 20.0 Å². The zero-order chi connectivity index (χ0) is 13.1. The molecule has 18 heavy (non-hydrogen) atoms. The van der Waals surface area contributed by atoms with Gasteiger partial charge in [0.1, 0.15) is 5.82 Å². The van der Waals surface area contributed by atoms with Crippen molar-refractivity contribution in [1.29, 1.82) is 0 Å². The molecule has 0 radical (unpaired) electrons. The van der Waals surface area contributed by atoms with Crippen molar-refractivity contribution in [3.8, 4) is 0 Å². The first-order valence-corrected chi connectivity index (χ1v) is 6.38. The molecule has 2 aromatic rings. The molecule has 0 atom stereocenters. The predicted octanol–water partition coefficient (Wildman–Crippen LogP) is 3.76. The molecule has 0 saturated carbocycles. The van der Waals surface area contributed by atoms with Gasteiger partial charge in [0.15, 0.2) is 11.6 Å². The first kappa shape index (κ1) is 13.1. The Labute approximate surface area is 107 Å². The Kier molecular flexibility index (Phi) is 4.04. The molecule has 1 aromatic heterocycles. The van der Waals surface area contributed by atoms with Crippen LogP contribution < -0.4 is 5.32 Å². The zero-order valence-electron chi connectivity index (χ0n) is 9.77. The summed E-state index contributed by atoms with van der Waals surface area (Å²) in [6, 6.07) is 1.46. The predicted molar refractivity (Wildman–Crippen MR) is 65.9 cm³/mol. The summed E-state index contributed by atoms with van der Waals surface area (Å²) in [6.07, 6.45) is 0. The first-order chi connectivity index (χ1) is 8.58. The second-order valence-electron chi connectivity index (χ2n) is 4.04. The van der Waals surface area contributed by atoms with Crippen LogP contribution in [-0.2, 0) is 13.1 Å². The van der Waals surface area contributed by atoms with Crippen LogP contribution in [0, 0.1) is 24.4 Å². The molecular formula is C13H12F3NS. The Morgan fingerprint density at radius 2 is 1.61 bits per heavy atom. The van der Waals surface area contributed by atoms with Crippen LogP contribution in [0.15, 0.2) is 22.9 Å². The molecule has 1 aromatic carbocycles. The molecule has 1 heterocycles. The van der Waals surface area contributed by atoms with Crippen molar-refractivity contribution in [2.75, 3.05) is 0 Å². The van der Waals surface area contributed by atoms with Gasteiger partial charge in [0.2, 0.25) is 0 Å². The van der Waals surface area contributed by atoms with E-state index in [2.05, 4.69) is 5.32 Å².